The van der Waals surface area contributed by atoms with Crippen molar-refractivity contribution >= 4 is 28.9 Å². The third-order valence-electron chi connectivity index (χ3n) is 4.90. The van der Waals surface area contributed by atoms with Gasteiger partial charge in [0.1, 0.15) is 11.5 Å². The first-order valence-corrected chi connectivity index (χ1v) is 9.39. The van der Waals surface area contributed by atoms with Crippen molar-refractivity contribution in [1.82, 2.24) is 5.32 Å². The molecule has 3 aromatic rings. The number of para-hydroxylation sites is 1. The zero-order valence-electron chi connectivity index (χ0n) is 16.6. The molecule has 0 bridgehead atoms. The van der Waals surface area contributed by atoms with Crippen molar-refractivity contribution in [3.63, 3.8) is 0 Å². The predicted molar refractivity (Wildman–Crippen MR) is 115 cm³/mol. The van der Waals surface area contributed by atoms with Crippen molar-refractivity contribution in [3.05, 3.63) is 77.4 Å². The highest BCUT2D eigenvalue weighted by Gasteiger charge is 2.19. The number of anilines is 3. The van der Waals surface area contributed by atoms with Crippen LogP contribution in [0, 0.1) is 0 Å². The summed E-state index contributed by atoms with van der Waals surface area (Å²) < 4.78 is 10.6. The summed E-state index contributed by atoms with van der Waals surface area (Å²) in [6.45, 7) is 0.291. The average molecular weight is 403 g/mol. The number of fused-ring (bicyclic) bond motifs is 2. The van der Waals surface area contributed by atoms with Crippen LogP contribution in [0.1, 0.15) is 26.3 Å². The quantitative estimate of drug-likeness (QED) is 0.600. The van der Waals surface area contributed by atoms with Gasteiger partial charge in [0.2, 0.25) is 0 Å². The van der Waals surface area contributed by atoms with E-state index in [1.807, 2.05) is 30.3 Å². The largest absolute Gasteiger partial charge is 0.497 e. The van der Waals surface area contributed by atoms with E-state index < -0.39 is 0 Å². The van der Waals surface area contributed by atoms with Gasteiger partial charge in [0, 0.05) is 23.7 Å². The van der Waals surface area contributed by atoms with Crippen LogP contribution in [0.25, 0.3) is 0 Å². The van der Waals surface area contributed by atoms with Crippen molar-refractivity contribution in [3.8, 4) is 11.5 Å². The van der Waals surface area contributed by atoms with E-state index in [1.165, 1.54) is 0 Å². The molecule has 7 heteroatoms. The van der Waals surface area contributed by atoms with Crippen LogP contribution in [-0.2, 0) is 6.54 Å². The molecule has 0 radical (unpaired) electrons. The van der Waals surface area contributed by atoms with E-state index in [1.54, 1.807) is 44.6 Å². The Hall–Kier alpha value is -4.00. The van der Waals surface area contributed by atoms with Gasteiger partial charge in [-0.2, -0.15) is 0 Å². The molecule has 1 aliphatic heterocycles. The average Bonchev–Trinajstić information content (AvgIpc) is 2.92. The minimum absolute atomic E-state index is 0.225. The fourth-order valence-electron chi connectivity index (χ4n) is 3.30. The molecule has 1 heterocycles. The SMILES string of the molecule is COc1ccc(CNC(=O)c2ccc3c(c2)NC(=O)c2ccccc2N3)c(OC)c1. The number of benzene rings is 3. The monoisotopic (exact) mass is 403 g/mol. The van der Waals surface area contributed by atoms with Crippen molar-refractivity contribution in [2.75, 3.05) is 24.9 Å². The molecule has 1 aliphatic rings. The zero-order chi connectivity index (χ0) is 21.1. The van der Waals surface area contributed by atoms with Crippen LogP contribution >= 0.6 is 0 Å². The first-order chi connectivity index (χ1) is 14.6. The fraction of sp³-hybridized carbons (Fsp3) is 0.130. The number of carbonyl (C=O) groups excluding carboxylic acids is 2. The Morgan fingerprint density at radius 3 is 2.53 bits per heavy atom. The van der Waals surface area contributed by atoms with Crippen molar-refractivity contribution < 1.29 is 19.1 Å². The number of hydrogen-bond donors (Lipinski definition) is 3. The summed E-state index contributed by atoms with van der Waals surface area (Å²) >= 11 is 0. The number of hydrogen-bond acceptors (Lipinski definition) is 5. The van der Waals surface area contributed by atoms with Gasteiger partial charge in [0.15, 0.2) is 0 Å². The second-order valence-electron chi connectivity index (χ2n) is 6.75. The van der Waals surface area contributed by atoms with Crippen LogP contribution in [0.2, 0.25) is 0 Å². The number of ether oxygens (including phenoxy) is 2. The first kappa shape index (κ1) is 19.3. The van der Waals surface area contributed by atoms with E-state index in [9.17, 15) is 9.59 Å². The molecule has 152 valence electrons. The third-order valence-corrected chi connectivity index (χ3v) is 4.90. The van der Waals surface area contributed by atoms with E-state index in [-0.39, 0.29) is 11.8 Å². The molecule has 0 saturated heterocycles. The normalized spacial score (nSPS) is 11.9. The van der Waals surface area contributed by atoms with E-state index in [4.69, 9.17) is 9.47 Å². The lowest BCUT2D eigenvalue weighted by atomic mass is 10.1. The van der Waals surface area contributed by atoms with Crippen LogP contribution < -0.4 is 25.4 Å². The van der Waals surface area contributed by atoms with Crippen LogP contribution in [0.4, 0.5) is 17.1 Å². The lowest BCUT2D eigenvalue weighted by Crippen LogP contribution is -2.23. The van der Waals surface area contributed by atoms with Gasteiger partial charge < -0.3 is 25.4 Å². The standard InChI is InChI=1S/C23H21N3O4/c1-29-16-9-7-15(21(12-16)30-2)13-24-22(27)14-8-10-19-20(11-14)26-23(28)17-5-3-4-6-18(17)25-19/h3-12,25H,13H2,1-2H3,(H,24,27)(H,26,28). The molecule has 0 unspecified atom stereocenters. The van der Waals surface area contributed by atoms with E-state index >= 15 is 0 Å². The second kappa shape index (κ2) is 8.16. The van der Waals surface area contributed by atoms with Crippen molar-refractivity contribution in [2.24, 2.45) is 0 Å². The molecule has 3 N–H and O–H groups in total. The van der Waals surface area contributed by atoms with E-state index in [0.29, 0.717) is 34.9 Å². The minimum atomic E-state index is -0.258. The van der Waals surface area contributed by atoms with Crippen LogP contribution in [0.5, 0.6) is 11.5 Å². The molecule has 30 heavy (non-hydrogen) atoms. The molecule has 0 aromatic heterocycles. The predicted octanol–water partition coefficient (Wildman–Crippen LogP) is 3.94. The summed E-state index contributed by atoms with van der Waals surface area (Å²) in [5.41, 5.74) is 3.80. The molecule has 0 fully saturated rings. The lowest BCUT2D eigenvalue weighted by Gasteiger charge is -2.13. The first-order valence-electron chi connectivity index (χ1n) is 9.39. The van der Waals surface area contributed by atoms with Gasteiger partial charge in [-0.25, -0.2) is 0 Å². The highest BCUT2D eigenvalue weighted by atomic mass is 16.5. The maximum absolute atomic E-state index is 12.7. The Morgan fingerprint density at radius 1 is 0.900 bits per heavy atom. The molecule has 0 spiro atoms. The van der Waals surface area contributed by atoms with Crippen LogP contribution in [0.3, 0.4) is 0 Å². The van der Waals surface area contributed by atoms with Gasteiger partial charge in [0.25, 0.3) is 11.8 Å². The Morgan fingerprint density at radius 2 is 1.73 bits per heavy atom. The molecular formula is C23H21N3O4. The number of carbonyl (C=O) groups is 2. The Bertz CT molecular complexity index is 1130. The van der Waals surface area contributed by atoms with E-state index in [2.05, 4.69) is 16.0 Å². The topological polar surface area (TPSA) is 88.7 Å². The van der Waals surface area contributed by atoms with Gasteiger partial charge in [0.05, 0.1) is 36.8 Å². The zero-order valence-corrected chi connectivity index (χ0v) is 16.6. The molecule has 3 aromatic carbocycles. The molecule has 0 atom stereocenters. The van der Waals surface area contributed by atoms with Gasteiger partial charge in [-0.15, -0.1) is 0 Å². The molecular weight excluding hydrogens is 382 g/mol. The molecule has 0 aliphatic carbocycles. The molecule has 7 nitrogen and oxygen atoms in total. The summed E-state index contributed by atoms with van der Waals surface area (Å²) in [7, 11) is 3.15. The van der Waals surface area contributed by atoms with E-state index in [0.717, 1.165) is 16.9 Å². The highest BCUT2D eigenvalue weighted by Crippen LogP contribution is 2.32. The third kappa shape index (κ3) is 3.77. The summed E-state index contributed by atoms with van der Waals surface area (Å²) in [6.07, 6.45) is 0. The number of rotatable bonds is 5. The fourth-order valence-corrected chi connectivity index (χ4v) is 3.30. The second-order valence-corrected chi connectivity index (χ2v) is 6.75. The number of methoxy groups -OCH3 is 2. The maximum Gasteiger partial charge on any atom is 0.257 e. The van der Waals surface area contributed by atoms with Gasteiger partial charge in [-0.1, -0.05) is 12.1 Å². The molecule has 2 amide bonds. The Balaban J connectivity index is 1.51. The van der Waals surface area contributed by atoms with Crippen molar-refractivity contribution in [2.45, 2.75) is 6.54 Å². The summed E-state index contributed by atoms with van der Waals surface area (Å²) in [5, 5.41) is 8.99. The van der Waals surface area contributed by atoms with Gasteiger partial charge in [-0.05, 0) is 42.5 Å². The van der Waals surface area contributed by atoms with Gasteiger partial charge >= 0.3 is 0 Å². The van der Waals surface area contributed by atoms with Crippen LogP contribution in [0.15, 0.2) is 60.7 Å². The summed E-state index contributed by atoms with van der Waals surface area (Å²) in [4.78, 5) is 25.2. The molecule has 0 saturated carbocycles. The Kier molecular flexibility index (Phi) is 5.26. The maximum atomic E-state index is 12.7. The van der Waals surface area contributed by atoms with Crippen molar-refractivity contribution in [1.29, 1.82) is 0 Å². The summed E-state index contributed by atoms with van der Waals surface area (Å²) in [5.74, 6) is 0.826. The van der Waals surface area contributed by atoms with Crippen LogP contribution in [-0.4, -0.2) is 26.0 Å². The number of nitrogens with one attached hydrogen (secondary N) is 3. The number of amides is 2. The Labute approximate surface area is 174 Å². The molecule has 4 rings (SSSR count). The lowest BCUT2D eigenvalue weighted by molar-refractivity contribution is 0.0949. The smallest absolute Gasteiger partial charge is 0.257 e. The minimum Gasteiger partial charge on any atom is -0.497 e. The summed E-state index contributed by atoms with van der Waals surface area (Å²) in [6, 6.07) is 17.8. The van der Waals surface area contributed by atoms with Gasteiger partial charge in [-0.3, -0.25) is 9.59 Å². The highest BCUT2D eigenvalue weighted by molar-refractivity contribution is 6.12.